The molecule has 0 nitrogen and oxygen atoms in total. The third-order valence-corrected chi connectivity index (χ3v) is 4.16. The molecule has 94 valence electrons. The van der Waals surface area contributed by atoms with Crippen LogP contribution in [-0.2, 0) is 6.42 Å². The van der Waals surface area contributed by atoms with Crippen molar-refractivity contribution in [2.24, 2.45) is 0 Å². The number of hydrogen-bond donors (Lipinski definition) is 0. The maximum atomic E-state index is 6.16. The molecule has 0 unspecified atom stereocenters. The molecule has 0 saturated carbocycles. The lowest BCUT2D eigenvalue weighted by Gasteiger charge is -2.11. The maximum absolute atomic E-state index is 6.16. The summed E-state index contributed by atoms with van der Waals surface area (Å²) in [5.74, 6) is 0. The van der Waals surface area contributed by atoms with Crippen LogP contribution in [-0.4, -0.2) is 0 Å². The molecule has 0 spiro atoms. The molecule has 0 aliphatic rings. The summed E-state index contributed by atoms with van der Waals surface area (Å²) in [5.41, 5.74) is 2.92. The van der Waals surface area contributed by atoms with Gasteiger partial charge >= 0.3 is 0 Å². The molecule has 0 aliphatic heterocycles. The van der Waals surface area contributed by atoms with Gasteiger partial charge in [-0.05, 0) is 47.9 Å². The highest BCUT2D eigenvalue weighted by atomic mass is 35.5. The second kappa shape index (κ2) is 5.71. The van der Waals surface area contributed by atoms with Gasteiger partial charge in [0, 0.05) is 26.5 Å². The van der Waals surface area contributed by atoms with E-state index in [1.807, 2.05) is 31.2 Å². The first kappa shape index (κ1) is 14.0. The Morgan fingerprint density at radius 1 is 0.889 bits per heavy atom. The van der Waals surface area contributed by atoms with Gasteiger partial charge in [-0.2, -0.15) is 0 Å². The molecule has 0 amide bonds. The Morgan fingerprint density at radius 2 is 1.50 bits per heavy atom. The van der Waals surface area contributed by atoms with Gasteiger partial charge in [0.05, 0.1) is 0 Å². The molecule has 0 heterocycles. The number of benzene rings is 2. The molecular weight excluding hydrogens is 310 g/mol. The van der Waals surface area contributed by atoms with E-state index in [1.54, 1.807) is 6.07 Å². The lowest BCUT2D eigenvalue weighted by Crippen LogP contribution is -1.95. The van der Waals surface area contributed by atoms with Crippen LogP contribution in [0.2, 0.25) is 20.1 Å². The highest BCUT2D eigenvalue weighted by molar-refractivity contribution is 6.36. The second-order valence-corrected chi connectivity index (χ2v) is 5.71. The van der Waals surface area contributed by atoms with E-state index in [0.29, 0.717) is 26.5 Å². The zero-order chi connectivity index (χ0) is 13.3. The van der Waals surface area contributed by atoms with Crippen LogP contribution in [0.25, 0.3) is 0 Å². The fourth-order valence-corrected chi connectivity index (χ4v) is 2.84. The normalized spacial score (nSPS) is 10.7. The predicted molar refractivity (Wildman–Crippen MR) is 80.5 cm³/mol. The summed E-state index contributed by atoms with van der Waals surface area (Å²) in [6.45, 7) is 1.96. The Labute approximate surface area is 126 Å². The fraction of sp³-hybridized carbons (Fsp3) is 0.143. The van der Waals surface area contributed by atoms with Gasteiger partial charge in [0.2, 0.25) is 0 Å². The Balaban J connectivity index is 2.46. The molecule has 2 rings (SSSR count). The zero-order valence-electron chi connectivity index (χ0n) is 9.61. The highest BCUT2D eigenvalue weighted by Gasteiger charge is 2.10. The summed E-state index contributed by atoms with van der Waals surface area (Å²) in [5, 5.41) is 2.57. The first-order valence-corrected chi connectivity index (χ1v) is 6.87. The summed E-state index contributed by atoms with van der Waals surface area (Å²) in [6, 6.07) is 9.10. The highest BCUT2D eigenvalue weighted by Crippen LogP contribution is 2.31. The zero-order valence-corrected chi connectivity index (χ0v) is 12.6. The molecule has 4 heteroatoms. The van der Waals surface area contributed by atoms with Crippen molar-refractivity contribution in [1.29, 1.82) is 0 Å². The Bertz CT molecular complexity index is 570. The molecule has 0 N–H and O–H groups in total. The van der Waals surface area contributed by atoms with E-state index in [0.717, 1.165) is 16.7 Å². The first-order chi connectivity index (χ1) is 8.49. The minimum atomic E-state index is 0.615. The minimum absolute atomic E-state index is 0.615. The average Bonchev–Trinajstić information content (AvgIpc) is 2.30. The van der Waals surface area contributed by atoms with Crippen LogP contribution in [0.3, 0.4) is 0 Å². The van der Waals surface area contributed by atoms with Crippen LogP contribution in [0.5, 0.6) is 0 Å². The van der Waals surface area contributed by atoms with Crippen molar-refractivity contribution in [2.45, 2.75) is 13.3 Å². The van der Waals surface area contributed by atoms with Crippen molar-refractivity contribution >= 4 is 46.4 Å². The second-order valence-electron chi connectivity index (χ2n) is 4.05. The van der Waals surface area contributed by atoms with Gasteiger partial charge < -0.3 is 0 Å². The van der Waals surface area contributed by atoms with Gasteiger partial charge in [-0.25, -0.2) is 0 Å². The lowest BCUT2D eigenvalue weighted by molar-refractivity contribution is 1.16. The molecule has 2 aromatic rings. The average molecular weight is 320 g/mol. The van der Waals surface area contributed by atoms with Crippen molar-refractivity contribution in [1.82, 2.24) is 0 Å². The van der Waals surface area contributed by atoms with Gasteiger partial charge in [0.1, 0.15) is 0 Å². The van der Waals surface area contributed by atoms with Crippen LogP contribution >= 0.6 is 46.4 Å². The van der Waals surface area contributed by atoms with E-state index in [9.17, 15) is 0 Å². The van der Waals surface area contributed by atoms with E-state index in [1.165, 1.54) is 0 Å². The first-order valence-electron chi connectivity index (χ1n) is 5.36. The quantitative estimate of drug-likeness (QED) is 0.618. The van der Waals surface area contributed by atoms with Crippen molar-refractivity contribution in [3.63, 3.8) is 0 Å². The monoisotopic (exact) mass is 318 g/mol. The molecule has 0 aromatic heterocycles. The lowest BCUT2D eigenvalue weighted by atomic mass is 10.0. The van der Waals surface area contributed by atoms with E-state index < -0.39 is 0 Å². The van der Waals surface area contributed by atoms with Crippen LogP contribution in [0.4, 0.5) is 0 Å². The molecule has 0 atom stereocenters. The molecule has 0 radical (unpaired) electrons. The smallest absolute Gasteiger partial charge is 0.0456 e. The van der Waals surface area contributed by atoms with E-state index in [-0.39, 0.29) is 0 Å². The van der Waals surface area contributed by atoms with Gasteiger partial charge in [-0.1, -0.05) is 52.5 Å². The topological polar surface area (TPSA) is 0 Å². The van der Waals surface area contributed by atoms with Gasteiger partial charge in [-0.3, -0.25) is 0 Å². The largest absolute Gasteiger partial charge is 0.0843 e. The van der Waals surface area contributed by atoms with Gasteiger partial charge in [0.25, 0.3) is 0 Å². The molecule has 2 aromatic carbocycles. The third-order valence-electron chi connectivity index (χ3n) is 2.85. The summed E-state index contributed by atoms with van der Waals surface area (Å²) < 4.78 is 0. The van der Waals surface area contributed by atoms with Crippen LogP contribution in [0.15, 0.2) is 30.3 Å². The number of rotatable bonds is 2. The standard InChI is InChI=1S/C14H10Cl4/c1-8-9(5-10(15)7-14(8)18)6-11-12(16)3-2-4-13(11)17/h2-5,7H,6H2,1H3. The van der Waals surface area contributed by atoms with Crippen molar-refractivity contribution in [3.05, 3.63) is 67.1 Å². The van der Waals surface area contributed by atoms with Crippen molar-refractivity contribution in [3.8, 4) is 0 Å². The van der Waals surface area contributed by atoms with Crippen molar-refractivity contribution < 1.29 is 0 Å². The third kappa shape index (κ3) is 2.95. The predicted octanol–water partition coefficient (Wildman–Crippen LogP) is 6.20. The maximum Gasteiger partial charge on any atom is 0.0456 e. The SMILES string of the molecule is Cc1c(Cl)cc(Cl)cc1Cc1c(Cl)cccc1Cl. The van der Waals surface area contributed by atoms with E-state index >= 15 is 0 Å². The molecule has 18 heavy (non-hydrogen) atoms. The molecule has 0 saturated heterocycles. The number of hydrogen-bond acceptors (Lipinski definition) is 0. The van der Waals surface area contributed by atoms with E-state index in [4.69, 9.17) is 46.4 Å². The summed E-state index contributed by atoms with van der Waals surface area (Å²) in [7, 11) is 0. The molecular formula is C14H10Cl4. The van der Waals surface area contributed by atoms with Crippen LogP contribution in [0.1, 0.15) is 16.7 Å². The molecule has 0 bridgehead atoms. The van der Waals surface area contributed by atoms with Crippen LogP contribution in [0, 0.1) is 6.92 Å². The summed E-state index contributed by atoms with van der Waals surface area (Å²) in [6.07, 6.45) is 0.616. The fourth-order valence-electron chi connectivity index (χ4n) is 1.77. The Morgan fingerprint density at radius 3 is 2.11 bits per heavy atom. The van der Waals surface area contributed by atoms with Crippen LogP contribution < -0.4 is 0 Å². The minimum Gasteiger partial charge on any atom is -0.0843 e. The summed E-state index contributed by atoms with van der Waals surface area (Å²) in [4.78, 5) is 0. The van der Waals surface area contributed by atoms with Gasteiger partial charge in [0.15, 0.2) is 0 Å². The molecule has 0 fully saturated rings. The Kier molecular flexibility index (Phi) is 4.45. The van der Waals surface area contributed by atoms with Gasteiger partial charge in [-0.15, -0.1) is 0 Å². The van der Waals surface area contributed by atoms with Crippen molar-refractivity contribution in [2.75, 3.05) is 0 Å². The summed E-state index contributed by atoms with van der Waals surface area (Å²) >= 11 is 24.5. The number of halogens is 4. The molecule has 0 aliphatic carbocycles. The Hall–Kier alpha value is -0.400. The van der Waals surface area contributed by atoms with E-state index in [2.05, 4.69) is 0 Å².